The van der Waals surface area contributed by atoms with Gasteiger partial charge in [0.2, 0.25) is 0 Å². The van der Waals surface area contributed by atoms with Crippen molar-refractivity contribution < 1.29 is 8.42 Å². The Balaban J connectivity index is 2.72. The first kappa shape index (κ1) is 13.9. The maximum absolute atomic E-state index is 11.4. The van der Waals surface area contributed by atoms with Crippen LogP contribution in [0.3, 0.4) is 0 Å². The number of hydrogen-bond donors (Lipinski definition) is 1. The number of sulfone groups is 1. The average molecular weight is 248 g/mol. The van der Waals surface area contributed by atoms with Crippen LogP contribution in [-0.2, 0) is 9.84 Å². The van der Waals surface area contributed by atoms with Gasteiger partial charge in [-0.1, -0.05) is 13.8 Å². The molecule has 0 aromatic carbocycles. The van der Waals surface area contributed by atoms with Gasteiger partial charge in [-0.15, -0.1) is 0 Å². The smallest absolute Gasteiger partial charge is 0.150 e. The second kappa shape index (κ2) is 5.02. The molecule has 2 N–H and O–H groups in total. The van der Waals surface area contributed by atoms with Gasteiger partial charge < -0.3 is 5.73 Å². The summed E-state index contributed by atoms with van der Waals surface area (Å²) in [4.78, 5) is 2.26. The van der Waals surface area contributed by atoms with Crippen molar-refractivity contribution in [2.24, 2.45) is 11.7 Å². The van der Waals surface area contributed by atoms with Crippen LogP contribution in [0.2, 0.25) is 0 Å². The van der Waals surface area contributed by atoms with Crippen LogP contribution >= 0.6 is 0 Å². The van der Waals surface area contributed by atoms with E-state index in [9.17, 15) is 8.42 Å². The Labute approximate surface area is 99.1 Å². The number of likely N-dealkylation sites (N-methyl/N-ethyl adjacent to an activating group) is 1. The minimum atomic E-state index is -2.81. The maximum Gasteiger partial charge on any atom is 0.150 e. The monoisotopic (exact) mass is 248 g/mol. The largest absolute Gasteiger partial charge is 0.329 e. The Bertz CT molecular complexity index is 311. The highest BCUT2D eigenvalue weighted by atomic mass is 32.2. The third-order valence-electron chi connectivity index (χ3n) is 3.59. The summed E-state index contributed by atoms with van der Waals surface area (Å²) in [6.45, 7) is 5.85. The number of hydrogen-bond acceptors (Lipinski definition) is 4. The summed E-state index contributed by atoms with van der Waals surface area (Å²) >= 11 is 0. The lowest BCUT2D eigenvalue weighted by molar-refractivity contribution is 0.0999. The van der Waals surface area contributed by atoms with Crippen LogP contribution in [0.5, 0.6) is 0 Å². The second-order valence-corrected chi connectivity index (χ2v) is 7.66. The highest BCUT2D eigenvalue weighted by molar-refractivity contribution is 7.91. The van der Waals surface area contributed by atoms with Crippen molar-refractivity contribution in [2.75, 3.05) is 31.6 Å². The van der Waals surface area contributed by atoms with Crippen molar-refractivity contribution in [2.45, 2.75) is 32.2 Å². The molecule has 1 saturated heterocycles. The fraction of sp³-hybridized carbons (Fsp3) is 1.00. The van der Waals surface area contributed by atoms with Gasteiger partial charge in [-0.2, -0.15) is 0 Å². The molecule has 1 rings (SSSR count). The number of nitrogens with two attached hydrogens (primary N) is 1. The first-order valence-corrected chi connectivity index (χ1v) is 7.75. The molecular weight excluding hydrogens is 224 g/mol. The van der Waals surface area contributed by atoms with Crippen LogP contribution in [0.1, 0.15) is 26.7 Å². The summed E-state index contributed by atoms with van der Waals surface area (Å²) in [7, 11) is -0.748. The highest BCUT2D eigenvalue weighted by Gasteiger charge is 2.39. The molecule has 0 aromatic heterocycles. The summed E-state index contributed by atoms with van der Waals surface area (Å²) in [5, 5.41) is 0. The molecule has 0 aliphatic carbocycles. The van der Waals surface area contributed by atoms with E-state index in [0.717, 1.165) is 6.54 Å². The fourth-order valence-electron chi connectivity index (χ4n) is 2.40. The standard InChI is InChI=1S/C11H24N2O2S/c1-10(2)8-13(3)11(9-12)4-6-16(14,15)7-5-11/h10H,4-9,12H2,1-3H3. The van der Waals surface area contributed by atoms with Gasteiger partial charge in [0.25, 0.3) is 0 Å². The van der Waals surface area contributed by atoms with Crippen LogP contribution in [0, 0.1) is 5.92 Å². The van der Waals surface area contributed by atoms with Crippen molar-refractivity contribution >= 4 is 9.84 Å². The lowest BCUT2D eigenvalue weighted by Gasteiger charge is -2.44. The molecule has 1 heterocycles. The molecule has 0 spiro atoms. The van der Waals surface area contributed by atoms with Gasteiger partial charge in [0.15, 0.2) is 0 Å². The summed E-state index contributed by atoms with van der Waals surface area (Å²) in [6, 6.07) is 0. The van der Waals surface area contributed by atoms with Gasteiger partial charge in [0, 0.05) is 18.6 Å². The predicted molar refractivity (Wildman–Crippen MR) is 67.1 cm³/mol. The maximum atomic E-state index is 11.4. The quantitative estimate of drug-likeness (QED) is 0.786. The van der Waals surface area contributed by atoms with E-state index in [4.69, 9.17) is 5.73 Å². The Morgan fingerprint density at radius 1 is 1.31 bits per heavy atom. The van der Waals surface area contributed by atoms with E-state index in [2.05, 4.69) is 25.8 Å². The third-order valence-corrected chi connectivity index (χ3v) is 5.24. The van der Waals surface area contributed by atoms with Gasteiger partial charge in [0.1, 0.15) is 9.84 Å². The minimum absolute atomic E-state index is 0.102. The molecule has 0 unspecified atom stereocenters. The summed E-state index contributed by atoms with van der Waals surface area (Å²) in [5.74, 6) is 1.14. The van der Waals surface area contributed by atoms with Crippen LogP contribution in [-0.4, -0.2) is 50.5 Å². The average Bonchev–Trinajstić information content (AvgIpc) is 2.17. The van der Waals surface area contributed by atoms with Crippen molar-refractivity contribution in [1.82, 2.24) is 4.90 Å². The normalized spacial score (nSPS) is 23.9. The molecule has 0 amide bonds. The summed E-state index contributed by atoms with van der Waals surface area (Å²) < 4.78 is 22.9. The Morgan fingerprint density at radius 2 is 1.81 bits per heavy atom. The van der Waals surface area contributed by atoms with E-state index >= 15 is 0 Å². The van der Waals surface area contributed by atoms with Gasteiger partial charge in [0.05, 0.1) is 11.5 Å². The second-order valence-electron chi connectivity index (χ2n) is 5.35. The molecule has 0 saturated carbocycles. The summed E-state index contributed by atoms with van der Waals surface area (Å²) in [6.07, 6.45) is 1.35. The molecule has 1 fully saturated rings. The van der Waals surface area contributed by atoms with E-state index < -0.39 is 9.84 Å². The van der Waals surface area contributed by atoms with E-state index in [0.29, 0.717) is 25.3 Å². The van der Waals surface area contributed by atoms with E-state index in [1.54, 1.807) is 0 Å². The van der Waals surface area contributed by atoms with Gasteiger partial charge >= 0.3 is 0 Å². The SMILES string of the molecule is CC(C)CN(C)C1(CN)CCS(=O)(=O)CC1. The van der Waals surface area contributed by atoms with Crippen molar-refractivity contribution in [3.8, 4) is 0 Å². The molecule has 0 radical (unpaired) electrons. The highest BCUT2D eigenvalue weighted by Crippen LogP contribution is 2.28. The molecule has 0 aromatic rings. The van der Waals surface area contributed by atoms with Crippen molar-refractivity contribution in [1.29, 1.82) is 0 Å². The number of rotatable bonds is 4. The molecule has 16 heavy (non-hydrogen) atoms. The van der Waals surface area contributed by atoms with Crippen LogP contribution in [0.4, 0.5) is 0 Å². The van der Waals surface area contributed by atoms with Gasteiger partial charge in [-0.05, 0) is 25.8 Å². The summed E-state index contributed by atoms with van der Waals surface area (Å²) in [5.41, 5.74) is 5.77. The van der Waals surface area contributed by atoms with Crippen molar-refractivity contribution in [3.05, 3.63) is 0 Å². The Hall–Kier alpha value is -0.130. The molecular formula is C11H24N2O2S. The topological polar surface area (TPSA) is 63.4 Å². The van der Waals surface area contributed by atoms with Crippen LogP contribution in [0.25, 0.3) is 0 Å². The molecule has 0 bridgehead atoms. The molecule has 0 atom stereocenters. The first-order chi connectivity index (χ1) is 7.31. The zero-order valence-electron chi connectivity index (χ0n) is 10.6. The molecule has 4 nitrogen and oxygen atoms in total. The minimum Gasteiger partial charge on any atom is -0.329 e. The van der Waals surface area contributed by atoms with Gasteiger partial charge in [-0.25, -0.2) is 8.42 Å². The fourth-order valence-corrected chi connectivity index (χ4v) is 3.99. The van der Waals surface area contributed by atoms with Gasteiger partial charge in [-0.3, -0.25) is 4.90 Å². The molecule has 1 aliphatic heterocycles. The van der Waals surface area contributed by atoms with E-state index in [1.807, 2.05) is 0 Å². The van der Waals surface area contributed by atoms with E-state index in [1.165, 1.54) is 0 Å². The molecule has 5 heteroatoms. The van der Waals surface area contributed by atoms with E-state index in [-0.39, 0.29) is 17.0 Å². The predicted octanol–water partition coefficient (Wildman–Crippen LogP) is 0.480. The zero-order valence-corrected chi connectivity index (χ0v) is 11.4. The van der Waals surface area contributed by atoms with Crippen LogP contribution in [0.15, 0.2) is 0 Å². The number of nitrogens with zero attached hydrogens (tertiary/aromatic N) is 1. The lowest BCUT2D eigenvalue weighted by atomic mass is 9.90. The molecule has 96 valence electrons. The van der Waals surface area contributed by atoms with Crippen LogP contribution < -0.4 is 5.73 Å². The Morgan fingerprint density at radius 3 is 2.19 bits per heavy atom. The Kier molecular flexibility index (Phi) is 4.37. The zero-order chi connectivity index (χ0) is 12.4. The van der Waals surface area contributed by atoms with Crippen molar-refractivity contribution in [3.63, 3.8) is 0 Å². The lowest BCUT2D eigenvalue weighted by Crippen LogP contribution is -2.57. The third kappa shape index (κ3) is 3.18. The first-order valence-electron chi connectivity index (χ1n) is 5.93. The molecule has 1 aliphatic rings.